The average molecular weight is 255 g/mol. The Morgan fingerprint density at radius 1 is 1.47 bits per heavy atom. The van der Waals surface area contributed by atoms with Gasteiger partial charge in [0.2, 0.25) is 0 Å². The second-order valence-corrected chi connectivity index (χ2v) is 5.21. The minimum Gasteiger partial charge on any atom is -0.300 e. The largest absolute Gasteiger partial charge is 0.300 e. The second-order valence-electron chi connectivity index (χ2n) is 5.21. The van der Waals surface area contributed by atoms with Crippen LogP contribution >= 0.6 is 0 Å². The molecule has 0 fully saturated rings. The van der Waals surface area contributed by atoms with Crippen molar-refractivity contribution >= 4 is 22.9 Å². The standard InChI is InChI=1S/C16H21N3/c1-5-15(11-17-9-12(2)3)19-7-6-14-8-13(4)10-18-16(14)19/h5-8,10-12H,9H2,1-4H3/b15-5+,17-11?. The van der Waals surface area contributed by atoms with Crippen LogP contribution in [-0.4, -0.2) is 22.3 Å². The molecule has 0 saturated carbocycles. The van der Waals surface area contributed by atoms with E-state index < -0.39 is 0 Å². The van der Waals surface area contributed by atoms with Crippen LogP contribution in [0.5, 0.6) is 0 Å². The highest BCUT2D eigenvalue weighted by Crippen LogP contribution is 2.18. The Labute approximate surface area is 114 Å². The Hall–Kier alpha value is -1.90. The SMILES string of the molecule is C/C=C(\C=NCC(C)C)n1ccc2cc(C)cnc21. The van der Waals surface area contributed by atoms with Crippen molar-refractivity contribution in [2.75, 3.05) is 6.54 Å². The van der Waals surface area contributed by atoms with Gasteiger partial charge in [-0.3, -0.25) is 4.99 Å². The van der Waals surface area contributed by atoms with Gasteiger partial charge in [-0.1, -0.05) is 19.9 Å². The number of hydrogen-bond acceptors (Lipinski definition) is 2. The Morgan fingerprint density at radius 3 is 2.95 bits per heavy atom. The van der Waals surface area contributed by atoms with Crippen molar-refractivity contribution in [1.82, 2.24) is 9.55 Å². The highest BCUT2D eigenvalue weighted by molar-refractivity contribution is 6.04. The fourth-order valence-corrected chi connectivity index (χ4v) is 1.98. The molecule has 0 aliphatic carbocycles. The van der Waals surface area contributed by atoms with E-state index in [-0.39, 0.29) is 0 Å². The molecular weight excluding hydrogens is 234 g/mol. The molecule has 0 radical (unpaired) electrons. The van der Waals surface area contributed by atoms with Crippen LogP contribution in [0.15, 0.2) is 35.6 Å². The van der Waals surface area contributed by atoms with Crippen molar-refractivity contribution in [3.63, 3.8) is 0 Å². The molecule has 2 rings (SSSR count). The molecular formula is C16H21N3. The molecule has 2 aromatic heterocycles. The summed E-state index contributed by atoms with van der Waals surface area (Å²) in [5.74, 6) is 0.580. The minimum absolute atomic E-state index is 0.580. The molecule has 0 unspecified atom stereocenters. The number of allylic oxidation sites excluding steroid dienone is 2. The third kappa shape index (κ3) is 3.11. The van der Waals surface area contributed by atoms with E-state index in [1.807, 2.05) is 25.5 Å². The summed E-state index contributed by atoms with van der Waals surface area (Å²) in [7, 11) is 0. The molecule has 0 aromatic carbocycles. The summed E-state index contributed by atoms with van der Waals surface area (Å²) < 4.78 is 2.08. The quantitative estimate of drug-likeness (QED) is 0.761. The number of aliphatic imine (C=N–C) groups is 1. The molecule has 100 valence electrons. The zero-order valence-electron chi connectivity index (χ0n) is 12.1. The first-order chi connectivity index (χ1) is 9.11. The number of rotatable bonds is 4. The summed E-state index contributed by atoms with van der Waals surface area (Å²) in [6.45, 7) is 9.27. The van der Waals surface area contributed by atoms with Crippen molar-refractivity contribution in [1.29, 1.82) is 0 Å². The number of aromatic nitrogens is 2. The van der Waals surface area contributed by atoms with Crippen LogP contribution in [0.4, 0.5) is 0 Å². The molecule has 0 aliphatic heterocycles. The van der Waals surface area contributed by atoms with E-state index in [0.29, 0.717) is 5.92 Å². The fraction of sp³-hybridized carbons (Fsp3) is 0.375. The molecule has 0 aliphatic rings. The maximum absolute atomic E-state index is 4.51. The van der Waals surface area contributed by atoms with E-state index in [9.17, 15) is 0 Å². The second kappa shape index (κ2) is 5.83. The van der Waals surface area contributed by atoms with Gasteiger partial charge in [-0.2, -0.15) is 0 Å². The predicted octanol–water partition coefficient (Wildman–Crippen LogP) is 3.93. The summed E-state index contributed by atoms with van der Waals surface area (Å²) >= 11 is 0. The van der Waals surface area contributed by atoms with E-state index in [4.69, 9.17) is 0 Å². The van der Waals surface area contributed by atoms with Gasteiger partial charge in [0.15, 0.2) is 0 Å². The fourth-order valence-electron chi connectivity index (χ4n) is 1.98. The third-order valence-electron chi connectivity index (χ3n) is 2.93. The van der Waals surface area contributed by atoms with Gasteiger partial charge in [0, 0.05) is 30.5 Å². The van der Waals surface area contributed by atoms with Crippen molar-refractivity contribution in [2.45, 2.75) is 27.7 Å². The first-order valence-corrected chi connectivity index (χ1v) is 6.72. The normalized spacial score (nSPS) is 13.0. The van der Waals surface area contributed by atoms with Gasteiger partial charge in [0.05, 0.1) is 5.70 Å². The Morgan fingerprint density at radius 2 is 2.26 bits per heavy atom. The van der Waals surface area contributed by atoms with Crippen LogP contribution in [0.3, 0.4) is 0 Å². The zero-order valence-corrected chi connectivity index (χ0v) is 12.1. The molecule has 0 amide bonds. The smallest absolute Gasteiger partial charge is 0.144 e. The van der Waals surface area contributed by atoms with Crippen LogP contribution in [0.25, 0.3) is 16.7 Å². The van der Waals surface area contributed by atoms with Gasteiger partial charge in [-0.15, -0.1) is 0 Å². The van der Waals surface area contributed by atoms with E-state index in [0.717, 1.165) is 23.3 Å². The van der Waals surface area contributed by atoms with Crippen molar-refractivity contribution < 1.29 is 0 Å². The summed E-state index contributed by atoms with van der Waals surface area (Å²) in [5, 5.41) is 1.16. The van der Waals surface area contributed by atoms with Crippen LogP contribution in [0, 0.1) is 12.8 Å². The maximum Gasteiger partial charge on any atom is 0.144 e. The topological polar surface area (TPSA) is 30.2 Å². The molecule has 19 heavy (non-hydrogen) atoms. The van der Waals surface area contributed by atoms with E-state index in [2.05, 4.69) is 53.5 Å². The highest BCUT2D eigenvalue weighted by Gasteiger charge is 2.04. The van der Waals surface area contributed by atoms with Crippen LogP contribution < -0.4 is 0 Å². The lowest BCUT2D eigenvalue weighted by Gasteiger charge is -2.05. The average Bonchev–Trinajstić information content (AvgIpc) is 2.77. The lowest BCUT2D eigenvalue weighted by molar-refractivity contribution is 0.667. The van der Waals surface area contributed by atoms with Crippen LogP contribution in [0.1, 0.15) is 26.3 Å². The van der Waals surface area contributed by atoms with E-state index in [1.165, 1.54) is 5.56 Å². The van der Waals surface area contributed by atoms with Crippen LogP contribution in [0.2, 0.25) is 0 Å². The summed E-state index contributed by atoms with van der Waals surface area (Å²) in [5.41, 5.74) is 3.22. The van der Waals surface area contributed by atoms with Gasteiger partial charge in [0.25, 0.3) is 0 Å². The van der Waals surface area contributed by atoms with Gasteiger partial charge < -0.3 is 4.57 Å². The Bertz CT molecular complexity index is 618. The Balaban J connectivity index is 2.34. The lowest BCUT2D eigenvalue weighted by Crippen LogP contribution is -2.00. The highest BCUT2D eigenvalue weighted by atomic mass is 15.0. The van der Waals surface area contributed by atoms with Crippen LogP contribution in [-0.2, 0) is 0 Å². The molecule has 0 N–H and O–H groups in total. The molecule has 3 heteroatoms. The monoisotopic (exact) mass is 255 g/mol. The molecule has 3 nitrogen and oxygen atoms in total. The molecule has 2 aromatic rings. The number of pyridine rings is 1. The lowest BCUT2D eigenvalue weighted by atomic mass is 10.2. The van der Waals surface area contributed by atoms with Gasteiger partial charge in [0.1, 0.15) is 5.65 Å². The molecule has 0 bridgehead atoms. The Kier molecular flexibility index (Phi) is 4.15. The molecule has 0 saturated heterocycles. The first kappa shape index (κ1) is 13.5. The van der Waals surface area contributed by atoms with Gasteiger partial charge in [-0.05, 0) is 37.5 Å². The number of aryl methyl sites for hydroxylation is 1. The van der Waals surface area contributed by atoms with Gasteiger partial charge >= 0.3 is 0 Å². The third-order valence-corrected chi connectivity index (χ3v) is 2.93. The number of fused-ring (bicyclic) bond motifs is 1. The van der Waals surface area contributed by atoms with E-state index in [1.54, 1.807) is 0 Å². The summed E-state index contributed by atoms with van der Waals surface area (Å²) in [6, 6.07) is 4.24. The van der Waals surface area contributed by atoms with E-state index >= 15 is 0 Å². The summed E-state index contributed by atoms with van der Waals surface area (Å²) in [6.07, 6.45) is 7.94. The predicted molar refractivity (Wildman–Crippen MR) is 82.6 cm³/mol. The maximum atomic E-state index is 4.51. The number of hydrogen-bond donors (Lipinski definition) is 0. The summed E-state index contributed by atoms with van der Waals surface area (Å²) in [4.78, 5) is 8.99. The van der Waals surface area contributed by atoms with Gasteiger partial charge in [-0.25, -0.2) is 4.98 Å². The van der Waals surface area contributed by atoms with Crippen molar-refractivity contribution in [2.24, 2.45) is 10.9 Å². The molecule has 0 atom stereocenters. The number of nitrogens with zero attached hydrogens (tertiary/aromatic N) is 3. The molecule has 0 spiro atoms. The van der Waals surface area contributed by atoms with Crippen molar-refractivity contribution in [3.8, 4) is 0 Å². The minimum atomic E-state index is 0.580. The molecule has 2 heterocycles. The zero-order chi connectivity index (χ0) is 13.8. The first-order valence-electron chi connectivity index (χ1n) is 6.72. The van der Waals surface area contributed by atoms with Crippen molar-refractivity contribution in [3.05, 3.63) is 36.2 Å².